The number of aliphatic carboxylic acids is 1. The quantitative estimate of drug-likeness (QED) is 0.361. The van der Waals surface area contributed by atoms with Gasteiger partial charge in [-0.1, -0.05) is 98.3 Å². The molecule has 198 valence electrons. The minimum Gasteiger partial charge on any atom is -0.481 e. The summed E-state index contributed by atoms with van der Waals surface area (Å²) in [6.07, 6.45) is 6.03. The molecule has 3 aromatic rings. The standard InChI is InChI=1S/C30H31NO.C4H8O2/c32-29(25-11-2-1-3-12-25)15-8-20-31-21-18-26(19-22-31)30-27-13-6-4-9-23(27)16-17-24-10-5-7-14-28(24)30;1-3(2)4(5)6/h1-7,9-14H,8,15-22H2;3H,1-2H3,(H,5,6). The highest BCUT2D eigenvalue weighted by molar-refractivity contribution is 5.95. The van der Waals surface area contributed by atoms with Crippen LogP contribution in [0.4, 0.5) is 0 Å². The lowest BCUT2D eigenvalue weighted by molar-refractivity contribution is -0.140. The molecule has 1 fully saturated rings. The predicted molar refractivity (Wildman–Crippen MR) is 154 cm³/mol. The lowest BCUT2D eigenvalue weighted by Gasteiger charge is -2.30. The van der Waals surface area contributed by atoms with Crippen LogP contribution in [0.25, 0.3) is 5.57 Å². The van der Waals surface area contributed by atoms with Crippen molar-refractivity contribution in [2.45, 2.75) is 52.4 Å². The maximum Gasteiger partial charge on any atom is 0.305 e. The lowest BCUT2D eigenvalue weighted by Crippen LogP contribution is -2.32. The van der Waals surface area contributed by atoms with Crippen molar-refractivity contribution in [3.8, 4) is 0 Å². The summed E-state index contributed by atoms with van der Waals surface area (Å²) in [5.74, 6) is -0.711. The number of fused-ring (bicyclic) bond motifs is 2. The zero-order valence-corrected chi connectivity index (χ0v) is 22.7. The van der Waals surface area contributed by atoms with Gasteiger partial charge in [-0.2, -0.15) is 0 Å². The number of carboxylic acids is 1. The maximum absolute atomic E-state index is 12.4. The molecule has 38 heavy (non-hydrogen) atoms. The average molecular weight is 510 g/mol. The number of piperidine rings is 1. The van der Waals surface area contributed by atoms with E-state index >= 15 is 0 Å². The maximum atomic E-state index is 12.4. The molecule has 1 heterocycles. The molecule has 4 nitrogen and oxygen atoms in total. The van der Waals surface area contributed by atoms with Crippen molar-refractivity contribution in [1.82, 2.24) is 4.90 Å². The van der Waals surface area contributed by atoms with Gasteiger partial charge in [0.25, 0.3) is 0 Å². The first-order valence-electron chi connectivity index (χ1n) is 13.9. The van der Waals surface area contributed by atoms with Gasteiger partial charge < -0.3 is 10.0 Å². The van der Waals surface area contributed by atoms with Gasteiger partial charge >= 0.3 is 5.97 Å². The van der Waals surface area contributed by atoms with E-state index in [2.05, 4.69) is 53.4 Å². The van der Waals surface area contributed by atoms with Crippen LogP contribution < -0.4 is 0 Å². The Balaban J connectivity index is 0.000000505. The molecule has 3 aromatic carbocycles. The molecule has 1 aliphatic carbocycles. The number of carboxylic acid groups (broad SMARTS) is 1. The number of benzene rings is 3. The summed E-state index contributed by atoms with van der Waals surface area (Å²) in [6, 6.07) is 27.7. The van der Waals surface area contributed by atoms with E-state index in [0.29, 0.717) is 6.42 Å². The number of Topliss-reactive ketones (excluding diaryl/α,β-unsaturated/α-hetero) is 1. The van der Waals surface area contributed by atoms with Gasteiger partial charge in [0.05, 0.1) is 5.92 Å². The van der Waals surface area contributed by atoms with Crippen molar-refractivity contribution in [2.24, 2.45) is 5.92 Å². The van der Waals surface area contributed by atoms with Gasteiger partial charge in [0.2, 0.25) is 0 Å². The van der Waals surface area contributed by atoms with Crippen LogP contribution in [0.1, 0.15) is 72.1 Å². The average Bonchev–Trinajstić information content (AvgIpc) is 3.11. The molecule has 4 heteroatoms. The molecule has 0 spiro atoms. The van der Waals surface area contributed by atoms with Gasteiger partial charge in [-0.25, -0.2) is 0 Å². The summed E-state index contributed by atoms with van der Waals surface area (Å²) in [5, 5.41) is 7.99. The normalized spacial score (nSPS) is 15.1. The molecule has 0 saturated carbocycles. The van der Waals surface area contributed by atoms with Crippen LogP contribution in [-0.2, 0) is 17.6 Å². The fraction of sp³-hybridized carbons (Fsp3) is 0.353. The second kappa shape index (κ2) is 13.3. The number of ketones is 1. The van der Waals surface area contributed by atoms with Crippen molar-refractivity contribution in [3.05, 3.63) is 112 Å². The molecule has 0 amide bonds. The minimum absolute atomic E-state index is 0.231. The molecule has 2 aliphatic rings. The summed E-state index contributed by atoms with van der Waals surface area (Å²) in [6.45, 7) is 6.46. The first-order chi connectivity index (χ1) is 18.4. The predicted octanol–water partition coefficient (Wildman–Crippen LogP) is 7.07. The number of likely N-dealkylation sites (tertiary alicyclic amines) is 1. The van der Waals surface area contributed by atoms with Crippen molar-refractivity contribution >= 4 is 17.3 Å². The third kappa shape index (κ3) is 7.08. The Bertz CT molecular complexity index is 1220. The van der Waals surface area contributed by atoms with Crippen LogP contribution >= 0.6 is 0 Å². The van der Waals surface area contributed by atoms with E-state index in [9.17, 15) is 9.59 Å². The van der Waals surface area contributed by atoms with Crippen LogP contribution in [0.15, 0.2) is 84.4 Å². The van der Waals surface area contributed by atoms with Crippen molar-refractivity contribution < 1.29 is 14.7 Å². The summed E-state index contributed by atoms with van der Waals surface area (Å²) in [7, 11) is 0. The van der Waals surface area contributed by atoms with Crippen LogP contribution in [0.3, 0.4) is 0 Å². The van der Waals surface area contributed by atoms with Crippen LogP contribution in [0.2, 0.25) is 0 Å². The van der Waals surface area contributed by atoms with Gasteiger partial charge in [0, 0.05) is 25.1 Å². The van der Waals surface area contributed by atoms with Gasteiger partial charge in [0.1, 0.15) is 0 Å². The third-order valence-electron chi connectivity index (χ3n) is 7.52. The summed E-state index contributed by atoms with van der Waals surface area (Å²) in [5.41, 5.74) is 9.77. The Labute approximate surface area is 227 Å². The fourth-order valence-electron chi connectivity index (χ4n) is 5.29. The van der Waals surface area contributed by atoms with E-state index in [4.69, 9.17) is 5.11 Å². The molecule has 0 unspecified atom stereocenters. The first-order valence-corrected chi connectivity index (χ1v) is 13.9. The first kappa shape index (κ1) is 27.5. The summed E-state index contributed by atoms with van der Waals surface area (Å²) < 4.78 is 0. The van der Waals surface area contributed by atoms with Crippen molar-refractivity contribution in [2.75, 3.05) is 19.6 Å². The van der Waals surface area contributed by atoms with Crippen LogP contribution in [0.5, 0.6) is 0 Å². The minimum atomic E-state index is -0.741. The highest BCUT2D eigenvalue weighted by Gasteiger charge is 2.23. The van der Waals surface area contributed by atoms with Gasteiger partial charge in [-0.05, 0) is 66.5 Å². The van der Waals surface area contributed by atoms with Crippen molar-refractivity contribution in [3.63, 3.8) is 0 Å². The van der Waals surface area contributed by atoms with Crippen LogP contribution in [-0.4, -0.2) is 41.4 Å². The van der Waals surface area contributed by atoms with Gasteiger partial charge in [-0.15, -0.1) is 0 Å². The van der Waals surface area contributed by atoms with E-state index < -0.39 is 5.97 Å². The number of aryl methyl sites for hydroxylation is 2. The lowest BCUT2D eigenvalue weighted by atomic mass is 9.86. The van der Waals surface area contributed by atoms with E-state index in [0.717, 1.165) is 57.3 Å². The fourth-order valence-corrected chi connectivity index (χ4v) is 5.29. The van der Waals surface area contributed by atoms with Crippen LogP contribution in [0, 0.1) is 5.92 Å². The molecular weight excluding hydrogens is 470 g/mol. The molecule has 5 rings (SSSR count). The molecule has 0 aromatic heterocycles. The SMILES string of the molecule is CC(C)C(=O)O.O=C(CCCN1CCC(=C2c3ccccc3CCc3ccccc32)CC1)c1ccccc1. The number of rotatable bonds is 6. The molecule has 0 radical (unpaired) electrons. The topological polar surface area (TPSA) is 57.6 Å². The monoisotopic (exact) mass is 509 g/mol. The number of nitrogens with zero attached hydrogens (tertiary/aromatic N) is 1. The Morgan fingerprint density at radius 3 is 1.79 bits per heavy atom. The Hall–Kier alpha value is -3.50. The van der Waals surface area contributed by atoms with Crippen molar-refractivity contribution in [1.29, 1.82) is 0 Å². The largest absolute Gasteiger partial charge is 0.481 e. The van der Waals surface area contributed by atoms with E-state index in [1.807, 2.05) is 30.3 Å². The van der Waals surface area contributed by atoms with E-state index in [1.165, 1.54) is 27.8 Å². The second-order valence-electron chi connectivity index (χ2n) is 10.5. The van der Waals surface area contributed by atoms with Gasteiger partial charge in [-0.3, -0.25) is 9.59 Å². The molecule has 0 bridgehead atoms. The van der Waals surface area contributed by atoms with E-state index in [-0.39, 0.29) is 11.7 Å². The summed E-state index contributed by atoms with van der Waals surface area (Å²) >= 11 is 0. The molecular formula is C34H39NO3. The number of hydrogen-bond acceptors (Lipinski definition) is 3. The highest BCUT2D eigenvalue weighted by atomic mass is 16.4. The Morgan fingerprint density at radius 1 is 0.763 bits per heavy atom. The molecule has 1 aliphatic heterocycles. The van der Waals surface area contributed by atoms with E-state index in [1.54, 1.807) is 19.4 Å². The number of hydrogen-bond donors (Lipinski definition) is 1. The second-order valence-corrected chi connectivity index (χ2v) is 10.5. The highest BCUT2D eigenvalue weighted by Crippen LogP contribution is 2.38. The Morgan fingerprint density at radius 2 is 1.26 bits per heavy atom. The number of carbonyl (C=O) groups is 2. The number of carbonyl (C=O) groups excluding carboxylic acids is 1. The third-order valence-corrected chi connectivity index (χ3v) is 7.52. The Kier molecular flexibility index (Phi) is 9.67. The smallest absolute Gasteiger partial charge is 0.305 e. The molecule has 1 N–H and O–H groups in total. The molecule has 0 atom stereocenters. The zero-order chi connectivity index (χ0) is 26.9. The van der Waals surface area contributed by atoms with Gasteiger partial charge in [0.15, 0.2) is 5.78 Å². The zero-order valence-electron chi connectivity index (χ0n) is 22.7. The molecule has 1 saturated heterocycles. The summed E-state index contributed by atoms with van der Waals surface area (Å²) in [4.78, 5) is 24.6.